The van der Waals surface area contributed by atoms with Crippen LogP contribution in [0.1, 0.15) is 6.92 Å². The maximum absolute atomic E-state index is 11.0. The standard InChI is InChI=1S/C11H12N2O4/c1-6(10(14)15)13(2)7-3-4-9-8(5-7)12-11(16)17-9/h3-6H,1-2H3,(H,12,16)(H,14,15). The fourth-order valence-electron chi connectivity index (χ4n) is 1.55. The van der Waals surface area contributed by atoms with E-state index in [9.17, 15) is 9.59 Å². The van der Waals surface area contributed by atoms with Gasteiger partial charge in [0.2, 0.25) is 0 Å². The SMILES string of the molecule is CC(C(=O)O)N(C)c1ccc2oc(=O)[nH]c2c1. The Kier molecular flexibility index (Phi) is 2.63. The van der Waals surface area contributed by atoms with E-state index in [0.29, 0.717) is 16.8 Å². The fourth-order valence-corrected chi connectivity index (χ4v) is 1.55. The first-order chi connectivity index (χ1) is 7.99. The first-order valence-electron chi connectivity index (χ1n) is 5.07. The molecule has 0 bridgehead atoms. The lowest BCUT2D eigenvalue weighted by atomic mass is 10.2. The zero-order valence-electron chi connectivity index (χ0n) is 9.43. The maximum Gasteiger partial charge on any atom is 0.417 e. The molecular weight excluding hydrogens is 224 g/mol. The quantitative estimate of drug-likeness (QED) is 0.831. The number of fused-ring (bicyclic) bond motifs is 1. The van der Waals surface area contributed by atoms with E-state index < -0.39 is 17.8 Å². The molecule has 1 unspecified atom stereocenters. The predicted molar refractivity (Wildman–Crippen MR) is 62.3 cm³/mol. The maximum atomic E-state index is 11.0. The van der Waals surface area contributed by atoms with Gasteiger partial charge in [-0.25, -0.2) is 9.59 Å². The minimum Gasteiger partial charge on any atom is -0.480 e. The van der Waals surface area contributed by atoms with Crippen molar-refractivity contribution in [2.24, 2.45) is 0 Å². The first kappa shape index (κ1) is 11.3. The number of hydrogen-bond donors (Lipinski definition) is 2. The Balaban J connectivity index is 2.42. The average molecular weight is 236 g/mol. The van der Waals surface area contributed by atoms with Gasteiger partial charge in [0.05, 0.1) is 5.52 Å². The molecule has 0 fully saturated rings. The van der Waals surface area contributed by atoms with Gasteiger partial charge in [-0.15, -0.1) is 0 Å². The summed E-state index contributed by atoms with van der Waals surface area (Å²) in [6.07, 6.45) is 0. The summed E-state index contributed by atoms with van der Waals surface area (Å²) in [5.41, 5.74) is 1.71. The van der Waals surface area contributed by atoms with E-state index in [1.807, 2.05) is 0 Å². The Morgan fingerprint density at radius 2 is 2.24 bits per heavy atom. The highest BCUT2D eigenvalue weighted by Gasteiger charge is 2.17. The summed E-state index contributed by atoms with van der Waals surface area (Å²) in [6.45, 7) is 1.59. The summed E-state index contributed by atoms with van der Waals surface area (Å²) < 4.78 is 4.86. The second-order valence-electron chi connectivity index (χ2n) is 3.82. The van der Waals surface area contributed by atoms with Crippen LogP contribution in [0.5, 0.6) is 0 Å². The van der Waals surface area contributed by atoms with Crippen molar-refractivity contribution in [3.05, 3.63) is 28.7 Å². The number of oxazole rings is 1. The van der Waals surface area contributed by atoms with Crippen LogP contribution in [0, 0.1) is 0 Å². The number of nitrogens with zero attached hydrogens (tertiary/aromatic N) is 1. The number of H-pyrrole nitrogens is 1. The third-order valence-corrected chi connectivity index (χ3v) is 2.75. The molecule has 0 radical (unpaired) electrons. The molecule has 2 N–H and O–H groups in total. The van der Waals surface area contributed by atoms with E-state index in [4.69, 9.17) is 9.52 Å². The number of rotatable bonds is 3. The molecule has 2 aromatic rings. The highest BCUT2D eigenvalue weighted by atomic mass is 16.4. The van der Waals surface area contributed by atoms with Crippen molar-refractivity contribution in [3.63, 3.8) is 0 Å². The highest BCUT2D eigenvalue weighted by molar-refractivity contribution is 5.81. The third-order valence-electron chi connectivity index (χ3n) is 2.75. The number of aromatic nitrogens is 1. The fraction of sp³-hybridized carbons (Fsp3) is 0.273. The van der Waals surface area contributed by atoms with Crippen LogP contribution in [0.25, 0.3) is 11.1 Å². The first-order valence-corrected chi connectivity index (χ1v) is 5.07. The van der Waals surface area contributed by atoms with Gasteiger partial charge in [-0.3, -0.25) is 4.98 Å². The van der Waals surface area contributed by atoms with E-state index in [-0.39, 0.29) is 0 Å². The minimum absolute atomic E-state index is 0.454. The molecule has 90 valence electrons. The summed E-state index contributed by atoms with van der Waals surface area (Å²) in [5.74, 6) is -1.43. The zero-order valence-corrected chi connectivity index (χ0v) is 9.43. The number of aliphatic carboxylic acids is 1. The molecule has 0 aliphatic carbocycles. The number of likely N-dealkylation sites (N-methyl/N-ethyl adjacent to an activating group) is 1. The summed E-state index contributed by atoms with van der Waals surface area (Å²) in [6, 6.07) is 4.37. The molecule has 17 heavy (non-hydrogen) atoms. The lowest BCUT2D eigenvalue weighted by molar-refractivity contribution is -0.138. The number of carboxylic acid groups (broad SMARTS) is 1. The van der Waals surface area contributed by atoms with Gasteiger partial charge in [0.15, 0.2) is 5.58 Å². The zero-order chi connectivity index (χ0) is 12.6. The Labute approximate surface area is 96.5 Å². The monoisotopic (exact) mass is 236 g/mol. The molecular formula is C11H12N2O4. The van der Waals surface area contributed by atoms with Crippen molar-refractivity contribution in [1.29, 1.82) is 0 Å². The second-order valence-corrected chi connectivity index (χ2v) is 3.82. The lowest BCUT2D eigenvalue weighted by Gasteiger charge is -2.23. The molecule has 0 aliphatic rings. The smallest absolute Gasteiger partial charge is 0.417 e. The summed E-state index contributed by atoms with van der Waals surface area (Å²) in [7, 11) is 1.68. The summed E-state index contributed by atoms with van der Waals surface area (Å²) >= 11 is 0. The highest BCUT2D eigenvalue weighted by Crippen LogP contribution is 2.20. The van der Waals surface area contributed by atoms with Crippen molar-refractivity contribution in [3.8, 4) is 0 Å². The van der Waals surface area contributed by atoms with Crippen molar-refractivity contribution in [2.45, 2.75) is 13.0 Å². The van der Waals surface area contributed by atoms with Gasteiger partial charge in [0.1, 0.15) is 6.04 Å². The lowest BCUT2D eigenvalue weighted by Crippen LogP contribution is -2.35. The van der Waals surface area contributed by atoms with Gasteiger partial charge >= 0.3 is 11.7 Å². The van der Waals surface area contributed by atoms with E-state index in [2.05, 4.69) is 4.98 Å². The van der Waals surface area contributed by atoms with Gasteiger partial charge in [-0.05, 0) is 25.1 Å². The second kappa shape index (κ2) is 3.97. The van der Waals surface area contributed by atoms with Gasteiger partial charge in [0, 0.05) is 12.7 Å². The van der Waals surface area contributed by atoms with Crippen LogP contribution >= 0.6 is 0 Å². The van der Waals surface area contributed by atoms with Gasteiger partial charge in [0.25, 0.3) is 0 Å². The number of nitrogens with one attached hydrogen (secondary N) is 1. The predicted octanol–water partition coefficient (Wildman–Crippen LogP) is 1.03. The molecule has 0 amide bonds. The topological polar surface area (TPSA) is 86.5 Å². The molecule has 0 aliphatic heterocycles. The van der Waals surface area contributed by atoms with Crippen LogP contribution < -0.4 is 10.7 Å². The molecule has 1 heterocycles. The average Bonchev–Trinajstić information content (AvgIpc) is 2.65. The Hall–Kier alpha value is -2.24. The van der Waals surface area contributed by atoms with Crippen LogP contribution in [-0.2, 0) is 4.79 Å². The largest absolute Gasteiger partial charge is 0.480 e. The summed E-state index contributed by atoms with van der Waals surface area (Å²) in [5, 5.41) is 8.91. The number of aromatic amines is 1. The van der Waals surface area contributed by atoms with Crippen LogP contribution in [0.15, 0.2) is 27.4 Å². The number of anilines is 1. The van der Waals surface area contributed by atoms with Crippen molar-refractivity contribution < 1.29 is 14.3 Å². The molecule has 1 atom stereocenters. The van der Waals surface area contributed by atoms with Crippen molar-refractivity contribution in [1.82, 2.24) is 4.98 Å². The molecule has 0 spiro atoms. The van der Waals surface area contributed by atoms with Crippen LogP contribution in [0.2, 0.25) is 0 Å². The van der Waals surface area contributed by atoms with Crippen LogP contribution in [0.3, 0.4) is 0 Å². The van der Waals surface area contributed by atoms with Crippen LogP contribution in [0.4, 0.5) is 5.69 Å². The molecule has 6 nitrogen and oxygen atoms in total. The molecule has 6 heteroatoms. The van der Waals surface area contributed by atoms with E-state index >= 15 is 0 Å². The van der Waals surface area contributed by atoms with Gasteiger partial charge < -0.3 is 14.4 Å². The molecule has 2 rings (SSSR count). The Bertz CT molecular complexity index is 613. The molecule has 0 saturated heterocycles. The van der Waals surface area contributed by atoms with Gasteiger partial charge in [-0.1, -0.05) is 0 Å². The molecule has 0 saturated carbocycles. The Morgan fingerprint density at radius 1 is 1.53 bits per heavy atom. The number of carboxylic acids is 1. The van der Waals surface area contributed by atoms with Crippen molar-refractivity contribution >= 4 is 22.8 Å². The number of hydrogen-bond acceptors (Lipinski definition) is 4. The van der Waals surface area contributed by atoms with Gasteiger partial charge in [-0.2, -0.15) is 0 Å². The molecule has 1 aromatic heterocycles. The van der Waals surface area contributed by atoms with E-state index in [0.717, 1.165) is 0 Å². The van der Waals surface area contributed by atoms with Crippen molar-refractivity contribution in [2.75, 3.05) is 11.9 Å². The van der Waals surface area contributed by atoms with Crippen LogP contribution in [-0.4, -0.2) is 29.1 Å². The number of benzene rings is 1. The summed E-state index contributed by atoms with van der Waals surface area (Å²) in [4.78, 5) is 26.0. The third kappa shape index (κ3) is 2.01. The molecule has 1 aromatic carbocycles. The normalized spacial score (nSPS) is 12.6. The number of carbonyl (C=O) groups is 1. The Morgan fingerprint density at radius 3 is 2.88 bits per heavy atom. The van der Waals surface area contributed by atoms with E-state index in [1.165, 1.54) is 0 Å². The van der Waals surface area contributed by atoms with E-state index in [1.54, 1.807) is 37.1 Å². The minimum atomic E-state index is -0.909.